The van der Waals surface area contributed by atoms with Crippen LogP contribution in [0.4, 0.5) is 34.5 Å². The molecule has 5 nitrogen and oxygen atoms in total. The molecule has 16 heteroatoms. The number of hydrogen-bond donors (Lipinski definition) is 2. The van der Waals surface area contributed by atoms with Crippen LogP contribution in [0.1, 0.15) is 12.8 Å². The Morgan fingerprint density at radius 2 is 0.862 bits per heavy atom. The van der Waals surface area contributed by atoms with Crippen molar-refractivity contribution in [3.05, 3.63) is 0 Å². The van der Waals surface area contributed by atoms with E-state index in [1.807, 2.05) is 0 Å². The minimum atomic E-state index is -6.00. The van der Waals surface area contributed by atoms with Crippen molar-refractivity contribution in [2.75, 3.05) is 72.5 Å². The zero-order valence-corrected chi connectivity index (χ0v) is 17.4. The Morgan fingerprint density at radius 1 is 0.621 bits per heavy atom. The number of likely N-dealkylation sites (N-methyl/N-ethyl adjacent to an activating group) is 1. The fourth-order valence-electron chi connectivity index (χ4n) is 2.32. The van der Waals surface area contributed by atoms with Gasteiger partial charge in [-0.3, -0.25) is 0 Å². The Morgan fingerprint density at radius 3 is 1.10 bits per heavy atom. The third-order valence-corrected chi connectivity index (χ3v) is 3.69. The summed E-state index contributed by atoms with van der Waals surface area (Å²) in [5.41, 5.74) is 11.2. The molecule has 0 saturated carbocycles. The average Bonchev–Trinajstić information content (AvgIpc) is 2.60. The van der Waals surface area contributed by atoms with Gasteiger partial charge in [0.15, 0.2) is 0 Å². The molecule has 1 aliphatic heterocycles. The molecule has 1 fully saturated rings. The molecule has 0 aromatic carbocycles. The number of rotatable bonds is 6. The van der Waals surface area contributed by atoms with Crippen LogP contribution < -0.4 is 11.5 Å². The van der Waals surface area contributed by atoms with E-state index in [-0.39, 0.29) is 17.1 Å². The summed E-state index contributed by atoms with van der Waals surface area (Å²) in [6.45, 7) is 10.8. The summed E-state index contributed by atoms with van der Waals surface area (Å²) in [6.07, 6.45) is 2.21. The van der Waals surface area contributed by atoms with Crippen molar-refractivity contribution < 1.29 is 51.6 Å². The van der Waals surface area contributed by atoms with Gasteiger partial charge in [-0.1, -0.05) is 0 Å². The van der Waals surface area contributed by atoms with E-state index >= 15 is 0 Å². The van der Waals surface area contributed by atoms with E-state index in [9.17, 15) is 34.5 Å². The Balaban J connectivity index is -0.000000512. The van der Waals surface area contributed by atoms with E-state index in [1.165, 1.54) is 26.2 Å². The van der Waals surface area contributed by atoms with E-state index < -0.39 is 14.5 Å². The van der Waals surface area contributed by atoms with Crippen LogP contribution in [-0.2, 0) is 17.1 Å². The van der Waals surface area contributed by atoms with Gasteiger partial charge >= 0.3 is 31.6 Å². The second-order valence-electron chi connectivity index (χ2n) is 6.26. The maximum absolute atomic E-state index is 9.75. The van der Waals surface area contributed by atoms with E-state index in [0.717, 1.165) is 52.1 Å². The van der Waals surface area contributed by atoms with Crippen LogP contribution in [0.15, 0.2) is 0 Å². The van der Waals surface area contributed by atoms with Gasteiger partial charge in [-0.05, 0) is 46.1 Å². The van der Waals surface area contributed by atoms with Gasteiger partial charge in [0.2, 0.25) is 0 Å². The summed E-state index contributed by atoms with van der Waals surface area (Å²) < 4.78 is 78.0. The Bertz CT molecular complexity index is 325. The Hall–Kier alpha value is -0.111. The van der Waals surface area contributed by atoms with Gasteiger partial charge in [0.1, 0.15) is 0 Å². The monoisotopic (exact) mass is 494 g/mol. The molecule has 0 unspecified atom stereocenters. The average molecular weight is 495 g/mol. The van der Waals surface area contributed by atoms with Crippen LogP contribution in [0.3, 0.4) is 0 Å². The quantitative estimate of drug-likeness (QED) is 0.436. The molecular weight excluding hydrogens is 463 g/mol. The van der Waals surface area contributed by atoms with Crippen LogP contribution >= 0.6 is 0 Å². The van der Waals surface area contributed by atoms with Crippen LogP contribution in [0, 0.1) is 0 Å². The first kappa shape index (κ1) is 33.5. The molecule has 0 bridgehead atoms. The molecule has 0 atom stereocenters. The molecule has 4 N–H and O–H groups in total. The maximum Gasteiger partial charge on any atom is 2.00 e. The van der Waals surface area contributed by atoms with Crippen LogP contribution in [-0.4, -0.2) is 102 Å². The molecule has 1 aliphatic rings. The summed E-state index contributed by atoms with van der Waals surface area (Å²) in [5, 5.41) is 0. The van der Waals surface area contributed by atoms with Crippen molar-refractivity contribution in [3.63, 3.8) is 0 Å². The molecule has 0 spiro atoms. The standard InChI is InChI=1S/C13H31N5.2BF4.Cu/c1-16-8-10-17(6-2-4-14)12-13-18(11-9-16)7-3-5-15;2*2-1(3,4)5;/h2-15H2,1H3;;;/q;2*-1;+2. The van der Waals surface area contributed by atoms with Crippen molar-refractivity contribution in [3.8, 4) is 0 Å². The second-order valence-corrected chi connectivity index (χ2v) is 6.26. The van der Waals surface area contributed by atoms with Gasteiger partial charge in [-0.15, -0.1) is 0 Å². The summed E-state index contributed by atoms with van der Waals surface area (Å²) in [4.78, 5) is 7.52. The SMILES string of the molecule is CN1CCN(CCCN)CCN(CCCN)CC1.F[B-](F)(F)F.F[B-](F)(F)F.[Cu+2]. The van der Waals surface area contributed by atoms with Gasteiger partial charge in [-0.25, -0.2) is 0 Å². The fourth-order valence-corrected chi connectivity index (χ4v) is 2.32. The Labute approximate surface area is 178 Å². The zero-order valence-electron chi connectivity index (χ0n) is 16.5. The molecule has 0 aliphatic carbocycles. The first-order valence-electron chi connectivity index (χ1n) is 9.04. The van der Waals surface area contributed by atoms with E-state index in [2.05, 4.69) is 21.7 Å². The molecular formula is C13H31B2CuF8N5. The number of hydrogen-bond acceptors (Lipinski definition) is 5. The molecule has 0 amide bonds. The predicted molar refractivity (Wildman–Crippen MR) is 98.1 cm³/mol. The van der Waals surface area contributed by atoms with Crippen molar-refractivity contribution in [2.45, 2.75) is 12.8 Å². The molecule has 1 heterocycles. The third kappa shape index (κ3) is 35.7. The van der Waals surface area contributed by atoms with Crippen LogP contribution in [0.25, 0.3) is 0 Å². The number of halogens is 8. The van der Waals surface area contributed by atoms with Crippen molar-refractivity contribution >= 4 is 14.5 Å². The zero-order chi connectivity index (χ0) is 22.2. The van der Waals surface area contributed by atoms with E-state index in [1.54, 1.807) is 0 Å². The third-order valence-electron chi connectivity index (χ3n) is 3.69. The molecule has 1 radical (unpaired) electrons. The van der Waals surface area contributed by atoms with Gasteiger partial charge in [0.05, 0.1) is 0 Å². The molecule has 1 saturated heterocycles. The van der Waals surface area contributed by atoms with Crippen LogP contribution in [0.5, 0.6) is 0 Å². The van der Waals surface area contributed by atoms with Crippen LogP contribution in [0.2, 0.25) is 0 Å². The van der Waals surface area contributed by atoms with Crippen molar-refractivity contribution in [2.24, 2.45) is 11.5 Å². The summed E-state index contributed by atoms with van der Waals surface area (Å²) in [6, 6.07) is 0. The minimum absolute atomic E-state index is 0. The van der Waals surface area contributed by atoms with Crippen molar-refractivity contribution in [1.29, 1.82) is 0 Å². The van der Waals surface area contributed by atoms with Gasteiger partial charge in [0.25, 0.3) is 0 Å². The molecule has 181 valence electrons. The Kier molecular flexibility index (Phi) is 21.6. The molecule has 29 heavy (non-hydrogen) atoms. The summed E-state index contributed by atoms with van der Waals surface area (Å²) in [7, 11) is -9.78. The maximum atomic E-state index is 9.75. The van der Waals surface area contributed by atoms with Gasteiger partial charge in [0, 0.05) is 39.3 Å². The predicted octanol–water partition coefficient (Wildman–Crippen LogP) is 1.83. The largest absolute Gasteiger partial charge is 2.00 e. The molecule has 1 rings (SSSR count). The number of nitrogens with two attached hydrogens (primary N) is 2. The van der Waals surface area contributed by atoms with Gasteiger partial charge < -0.3 is 60.7 Å². The first-order chi connectivity index (χ1) is 12.8. The molecule has 0 aromatic heterocycles. The van der Waals surface area contributed by atoms with Crippen molar-refractivity contribution in [1.82, 2.24) is 14.7 Å². The normalized spacial score (nSPS) is 17.5. The number of nitrogens with zero attached hydrogens (tertiary/aromatic N) is 3. The molecule has 0 aromatic rings. The van der Waals surface area contributed by atoms with E-state index in [0.29, 0.717) is 0 Å². The first-order valence-corrected chi connectivity index (χ1v) is 9.04. The topological polar surface area (TPSA) is 61.8 Å². The smallest absolute Gasteiger partial charge is 0.418 e. The summed E-state index contributed by atoms with van der Waals surface area (Å²) in [5.74, 6) is 0. The fraction of sp³-hybridized carbons (Fsp3) is 1.00. The second kappa shape index (κ2) is 18.6. The van der Waals surface area contributed by atoms with Gasteiger partial charge in [-0.2, -0.15) is 0 Å². The minimum Gasteiger partial charge on any atom is -0.418 e. The van der Waals surface area contributed by atoms with E-state index in [4.69, 9.17) is 11.5 Å². The summed E-state index contributed by atoms with van der Waals surface area (Å²) >= 11 is 0.